The average Bonchev–Trinajstić information content (AvgIpc) is 2.55. The van der Waals surface area contributed by atoms with Crippen LogP contribution in [-0.4, -0.2) is 86.2 Å². The van der Waals surface area contributed by atoms with Crippen LogP contribution in [-0.2, 0) is 10.1 Å². The first kappa shape index (κ1) is 35.1. The molecule has 1 N–H and O–H groups in total. The van der Waals surface area contributed by atoms with Crippen molar-refractivity contribution in [3.05, 3.63) is 0 Å². The Kier molecular flexibility index (Phi) is 12.0. The Hall–Kier alpha value is -0.0800. The van der Waals surface area contributed by atoms with Gasteiger partial charge in [-0.25, -0.2) is 8.42 Å². The van der Waals surface area contributed by atoms with Crippen molar-refractivity contribution >= 4 is 10.1 Å². The summed E-state index contributed by atoms with van der Waals surface area (Å²) >= 11 is 0. The smallest absolute Gasteiger partial charge is 0.748 e. The first-order valence-electron chi connectivity index (χ1n) is 8.18. The summed E-state index contributed by atoms with van der Waals surface area (Å²) in [6, 6.07) is -6.35. The largest absolute Gasteiger partial charge is 1.00 e. The number of nitrogens with one attached hydrogen (secondary N) is 1. The molecule has 5 nitrogen and oxygen atoms in total. The zero-order valence-corrected chi connectivity index (χ0v) is 19.6. The Balaban J connectivity index is 0. The van der Waals surface area contributed by atoms with Gasteiger partial charge in [0, 0.05) is 12.3 Å². The predicted octanol–water partition coefficient (Wildman–Crippen LogP) is 0.534. The summed E-state index contributed by atoms with van der Waals surface area (Å²) in [5.41, 5.74) is 0. The molecule has 0 saturated carbocycles. The molecule has 0 aromatic rings. The van der Waals surface area contributed by atoms with Crippen molar-refractivity contribution in [3.8, 4) is 0 Å². The van der Waals surface area contributed by atoms with E-state index >= 15 is 0 Å². The van der Waals surface area contributed by atoms with E-state index in [0.717, 1.165) is 0 Å². The molecule has 0 bridgehead atoms. The van der Waals surface area contributed by atoms with Gasteiger partial charge in [-0.3, -0.25) is 5.32 Å². The molecule has 0 aliphatic heterocycles. The van der Waals surface area contributed by atoms with Gasteiger partial charge in [-0.15, -0.1) is 0 Å². The zero-order valence-electron chi connectivity index (χ0n) is 16.7. The van der Waals surface area contributed by atoms with Crippen LogP contribution in [0.1, 0.15) is 12.8 Å². The molecule has 0 rings (SSSR count). The molecule has 0 saturated heterocycles. The van der Waals surface area contributed by atoms with Crippen LogP contribution in [0.3, 0.4) is 0 Å². The predicted molar refractivity (Wildman–Crippen MR) is 80.1 cm³/mol. The van der Waals surface area contributed by atoms with E-state index in [1.54, 1.807) is 0 Å². The molecule has 0 radical (unpaired) electrons. The number of hydrogen-bond acceptors (Lipinski definition) is 5. The summed E-state index contributed by atoms with van der Waals surface area (Å²) in [7, 11) is -3.32. The first-order chi connectivity index (χ1) is 13.9. The minimum absolute atomic E-state index is 0. The van der Waals surface area contributed by atoms with Crippen molar-refractivity contribution in [1.29, 1.82) is 0 Å². The topological polar surface area (TPSA) is 72.5 Å². The monoisotopic (exact) mass is 550 g/mol. The molecule has 0 heterocycles. The van der Waals surface area contributed by atoms with Gasteiger partial charge in [-0.1, -0.05) is 0 Å². The fraction of sp³-hybridized carbons (Fsp3) is 1.00. The summed E-state index contributed by atoms with van der Waals surface area (Å²) in [5.74, 6) is -31.8. The summed E-state index contributed by atoms with van der Waals surface area (Å²) in [4.78, 5) is 1.18. The van der Waals surface area contributed by atoms with Crippen LogP contribution in [0.25, 0.3) is 0 Å². The summed E-state index contributed by atoms with van der Waals surface area (Å²) < 4.78 is 199. The summed E-state index contributed by atoms with van der Waals surface area (Å²) in [5, 5.41) is 0.408. The van der Waals surface area contributed by atoms with E-state index in [1.165, 1.54) is 11.9 Å². The van der Waals surface area contributed by atoms with Crippen LogP contribution < -0.4 is 34.9 Å². The molecule has 33 heavy (non-hydrogen) atoms. The van der Waals surface area contributed by atoms with E-state index in [2.05, 4.69) is 0 Å². The van der Waals surface area contributed by atoms with E-state index in [1.807, 2.05) is 0 Å². The van der Waals surface area contributed by atoms with Gasteiger partial charge in [0.2, 0.25) is 0 Å². The first-order valence-corrected chi connectivity index (χ1v) is 9.76. The Morgan fingerprint density at radius 2 is 1.12 bits per heavy atom. The number of rotatable bonds is 13. The van der Waals surface area contributed by atoms with Crippen molar-refractivity contribution in [1.82, 2.24) is 10.2 Å². The molecule has 0 unspecified atom stereocenters. The molecular formula is C13H16F13N2NaO3S. The fourth-order valence-corrected chi connectivity index (χ4v) is 2.58. The Morgan fingerprint density at radius 1 is 0.727 bits per heavy atom. The molecule has 194 valence electrons. The molecule has 0 atom stereocenters. The zero-order chi connectivity index (χ0) is 26.0. The Morgan fingerprint density at radius 3 is 1.52 bits per heavy atom. The number of hydrogen-bond donors (Lipinski definition) is 1. The normalized spacial score (nSPS) is 15.0. The maximum atomic E-state index is 13.5. The van der Waals surface area contributed by atoms with E-state index in [0.29, 0.717) is 5.32 Å². The minimum Gasteiger partial charge on any atom is -0.748 e. The molecular weight excluding hydrogens is 534 g/mol. The van der Waals surface area contributed by atoms with Crippen LogP contribution in [0.15, 0.2) is 0 Å². The van der Waals surface area contributed by atoms with E-state index in [4.69, 9.17) is 0 Å². The van der Waals surface area contributed by atoms with Gasteiger partial charge in [0.25, 0.3) is 0 Å². The molecule has 0 fully saturated rings. The number of nitrogens with zero attached hydrogens (tertiary/aromatic N) is 1. The third kappa shape index (κ3) is 7.96. The molecule has 20 heteroatoms. The quantitative estimate of drug-likeness (QED) is 0.119. The average molecular weight is 550 g/mol. The summed E-state index contributed by atoms with van der Waals surface area (Å²) in [6.07, 6.45) is -8.29. The van der Waals surface area contributed by atoms with Crippen LogP contribution in [0, 0.1) is 0 Å². The SMILES string of the molecule is CN(CCCNC(F)(F)C(F)(F)C(F)(F)C(F)(F)C(F)(F)C(F)(F)F)CCCS(=O)(=O)[O-].[Na+]. The fourth-order valence-electron chi connectivity index (χ4n) is 2.10. The molecule has 0 spiro atoms. The van der Waals surface area contributed by atoms with Crippen molar-refractivity contribution < 1.29 is 99.6 Å². The Bertz CT molecular complexity index is 732. The molecule has 0 aliphatic rings. The van der Waals surface area contributed by atoms with Crippen LogP contribution in [0.5, 0.6) is 0 Å². The van der Waals surface area contributed by atoms with Crippen molar-refractivity contribution in [2.24, 2.45) is 0 Å². The standard InChI is InChI=1S/C13H17F13N2O3S.Na/c1-28(6-3-7-32(29,30)31)5-2-4-27-13(25,26)11(20,21)9(16,17)8(14,15)10(18,19)12(22,23)24;/h27H,2-7H2,1H3,(H,29,30,31);/q;+1/p-1. The summed E-state index contributed by atoms with van der Waals surface area (Å²) in [6.45, 7) is -1.76. The van der Waals surface area contributed by atoms with Gasteiger partial charge in [0.05, 0.1) is 10.1 Å². The molecule has 0 aliphatic carbocycles. The molecule has 0 aromatic heterocycles. The second-order valence-corrected chi connectivity index (χ2v) is 8.09. The van der Waals surface area contributed by atoms with Gasteiger partial charge < -0.3 is 9.45 Å². The van der Waals surface area contributed by atoms with Gasteiger partial charge in [0.15, 0.2) is 0 Å². The van der Waals surface area contributed by atoms with E-state index in [9.17, 15) is 70.0 Å². The number of alkyl halides is 13. The van der Waals surface area contributed by atoms with E-state index < -0.39 is 64.7 Å². The minimum atomic E-state index is -7.95. The van der Waals surface area contributed by atoms with Crippen LogP contribution in [0.4, 0.5) is 57.1 Å². The van der Waals surface area contributed by atoms with Crippen molar-refractivity contribution in [3.63, 3.8) is 0 Å². The Labute approximate surface area is 201 Å². The third-order valence-electron chi connectivity index (χ3n) is 3.93. The second-order valence-electron chi connectivity index (χ2n) is 6.57. The van der Waals surface area contributed by atoms with Crippen molar-refractivity contribution in [2.75, 3.05) is 32.4 Å². The van der Waals surface area contributed by atoms with Crippen LogP contribution in [0.2, 0.25) is 0 Å². The van der Waals surface area contributed by atoms with Crippen LogP contribution >= 0.6 is 0 Å². The van der Waals surface area contributed by atoms with Gasteiger partial charge in [0.1, 0.15) is 0 Å². The molecule has 0 amide bonds. The third-order valence-corrected chi connectivity index (χ3v) is 4.72. The number of halogens is 13. The van der Waals surface area contributed by atoms with Gasteiger partial charge >= 0.3 is 65.5 Å². The van der Waals surface area contributed by atoms with Gasteiger partial charge in [-0.05, 0) is 33.0 Å². The second kappa shape index (κ2) is 11.3. The van der Waals surface area contributed by atoms with Crippen molar-refractivity contribution in [2.45, 2.75) is 48.8 Å². The van der Waals surface area contributed by atoms with Gasteiger partial charge in [-0.2, -0.15) is 57.1 Å². The molecule has 0 aromatic carbocycles. The van der Waals surface area contributed by atoms with E-state index in [-0.39, 0.29) is 49.1 Å². The maximum absolute atomic E-state index is 13.5. The maximum Gasteiger partial charge on any atom is 1.00 e.